The highest BCUT2D eigenvalue weighted by Gasteiger charge is 2.06. The summed E-state index contributed by atoms with van der Waals surface area (Å²) in [6, 6.07) is 3.14. The molecule has 1 nitrogen and oxygen atoms in total. The van der Waals surface area contributed by atoms with Gasteiger partial charge in [0.1, 0.15) is 5.82 Å². The molecule has 2 aromatic rings. The van der Waals surface area contributed by atoms with Crippen molar-refractivity contribution >= 4 is 37.5 Å². The highest BCUT2D eigenvalue weighted by molar-refractivity contribution is 9.11. The summed E-state index contributed by atoms with van der Waals surface area (Å²) in [7, 11) is 0. The van der Waals surface area contributed by atoms with Crippen LogP contribution >= 0.6 is 27.3 Å². The average Bonchev–Trinajstić information content (AvgIpc) is 2.39. The number of hydrogen-bond donors (Lipinski definition) is 0. The van der Waals surface area contributed by atoms with Gasteiger partial charge in [0.25, 0.3) is 0 Å². The van der Waals surface area contributed by atoms with Gasteiger partial charge in [0.05, 0.1) is 10.2 Å². The Hall–Kier alpha value is -0.480. The van der Waals surface area contributed by atoms with Crippen LogP contribution in [0, 0.1) is 12.7 Å². The highest BCUT2D eigenvalue weighted by atomic mass is 79.9. The van der Waals surface area contributed by atoms with Crippen LogP contribution in [0.3, 0.4) is 0 Å². The number of nitrogens with zero attached hydrogens (tertiary/aromatic N) is 1. The van der Waals surface area contributed by atoms with E-state index in [9.17, 15) is 4.39 Å². The lowest BCUT2D eigenvalue weighted by Gasteiger charge is -1.94. The Kier molecular flexibility index (Phi) is 1.88. The Bertz CT molecular complexity index is 438. The molecular formula is C8H5BrFNS. The Morgan fingerprint density at radius 3 is 3.00 bits per heavy atom. The van der Waals surface area contributed by atoms with Gasteiger partial charge in [-0.3, -0.25) is 0 Å². The maximum absolute atomic E-state index is 13.0. The Morgan fingerprint density at radius 1 is 1.50 bits per heavy atom. The van der Waals surface area contributed by atoms with Gasteiger partial charge in [-0.25, -0.2) is 9.37 Å². The second-order valence-corrected chi connectivity index (χ2v) is 4.76. The van der Waals surface area contributed by atoms with Gasteiger partial charge in [-0.05, 0) is 35.0 Å². The van der Waals surface area contributed by atoms with E-state index >= 15 is 0 Å². The van der Waals surface area contributed by atoms with Crippen molar-refractivity contribution in [3.8, 4) is 0 Å². The van der Waals surface area contributed by atoms with E-state index in [-0.39, 0.29) is 5.82 Å². The van der Waals surface area contributed by atoms with E-state index in [4.69, 9.17) is 0 Å². The van der Waals surface area contributed by atoms with E-state index in [2.05, 4.69) is 20.9 Å². The number of rotatable bonds is 0. The zero-order chi connectivity index (χ0) is 8.72. The van der Waals surface area contributed by atoms with Crippen LogP contribution in [0.1, 0.15) is 5.56 Å². The minimum absolute atomic E-state index is 0.168. The van der Waals surface area contributed by atoms with Gasteiger partial charge in [-0.15, -0.1) is 11.3 Å². The molecule has 0 atom stereocenters. The molecule has 62 valence electrons. The first kappa shape index (κ1) is 8.13. The second-order valence-electron chi connectivity index (χ2n) is 2.49. The van der Waals surface area contributed by atoms with Crippen molar-refractivity contribution in [1.82, 2.24) is 4.98 Å². The van der Waals surface area contributed by atoms with E-state index in [1.807, 2.05) is 0 Å². The molecule has 0 bridgehead atoms. The highest BCUT2D eigenvalue weighted by Crippen LogP contribution is 2.29. The molecule has 0 saturated carbocycles. The molecule has 1 aromatic heterocycles. The minimum Gasteiger partial charge on any atom is -0.229 e. The number of hydrogen-bond acceptors (Lipinski definition) is 2. The van der Waals surface area contributed by atoms with Crippen LogP contribution in [0.5, 0.6) is 0 Å². The van der Waals surface area contributed by atoms with Gasteiger partial charge in [0, 0.05) is 5.56 Å². The topological polar surface area (TPSA) is 12.9 Å². The van der Waals surface area contributed by atoms with Crippen LogP contribution in [0.25, 0.3) is 10.2 Å². The molecule has 1 heterocycles. The molecule has 0 unspecified atom stereocenters. The van der Waals surface area contributed by atoms with Crippen LogP contribution in [0.4, 0.5) is 4.39 Å². The van der Waals surface area contributed by atoms with Crippen molar-refractivity contribution in [2.45, 2.75) is 6.92 Å². The third kappa shape index (κ3) is 1.15. The smallest absolute Gasteiger partial charge is 0.160 e. The zero-order valence-electron chi connectivity index (χ0n) is 6.27. The number of benzene rings is 1. The summed E-state index contributed by atoms with van der Waals surface area (Å²) in [5.41, 5.74) is 1.53. The molecule has 0 fully saturated rings. The Balaban J connectivity index is 2.89. The predicted octanol–water partition coefficient (Wildman–Crippen LogP) is 3.51. The van der Waals surface area contributed by atoms with Gasteiger partial charge >= 0.3 is 0 Å². The lowest BCUT2D eigenvalue weighted by Crippen LogP contribution is -1.80. The first-order chi connectivity index (χ1) is 5.68. The average molecular weight is 246 g/mol. The molecule has 4 heteroatoms. The van der Waals surface area contributed by atoms with E-state index in [0.717, 1.165) is 14.1 Å². The maximum atomic E-state index is 13.0. The molecular weight excluding hydrogens is 241 g/mol. The van der Waals surface area contributed by atoms with Gasteiger partial charge in [0.15, 0.2) is 3.92 Å². The summed E-state index contributed by atoms with van der Waals surface area (Å²) in [6.45, 7) is 1.77. The number of thiazole rings is 1. The summed E-state index contributed by atoms with van der Waals surface area (Å²) >= 11 is 4.73. The third-order valence-corrected chi connectivity index (χ3v) is 3.36. The van der Waals surface area contributed by atoms with E-state index in [0.29, 0.717) is 5.56 Å². The fraction of sp³-hybridized carbons (Fsp3) is 0.125. The van der Waals surface area contributed by atoms with E-state index < -0.39 is 0 Å². The Labute approximate surface area is 81.4 Å². The Morgan fingerprint density at radius 2 is 2.25 bits per heavy atom. The van der Waals surface area contributed by atoms with Crippen LogP contribution in [0.15, 0.2) is 16.0 Å². The molecule has 0 N–H and O–H groups in total. The van der Waals surface area contributed by atoms with Crippen molar-refractivity contribution in [2.24, 2.45) is 0 Å². The van der Waals surface area contributed by atoms with Crippen molar-refractivity contribution in [2.75, 3.05) is 0 Å². The SMILES string of the molecule is Cc1c(F)ccc2nc(Br)sc12. The largest absolute Gasteiger partial charge is 0.229 e. The van der Waals surface area contributed by atoms with Crippen molar-refractivity contribution < 1.29 is 4.39 Å². The van der Waals surface area contributed by atoms with Gasteiger partial charge in [0.2, 0.25) is 0 Å². The fourth-order valence-corrected chi connectivity index (χ4v) is 2.53. The van der Waals surface area contributed by atoms with Gasteiger partial charge in [-0.2, -0.15) is 0 Å². The van der Waals surface area contributed by atoms with Crippen LogP contribution in [0.2, 0.25) is 0 Å². The molecule has 0 radical (unpaired) electrons. The molecule has 2 rings (SSSR count). The first-order valence-corrected chi connectivity index (χ1v) is 5.00. The monoisotopic (exact) mass is 245 g/mol. The molecule has 1 aromatic carbocycles. The standard InChI is InChI=1S/C8H5BrFNS/c1-4-5(10)2-3-6-7(4)12-8(9)11-6/h2-3H,1H3. The first-order valence-electron chi connectivity index (χ1n) is 3.39. The number of aromatic nitrogens is 1. The van der Waals surface area contributed by atoms with Crippen LogP contribution in [-0.2, 0) is 0 Å². The van der Waals surface area contributed by atoms with Gasteiger partial charge < -0.3 is 0 Å². The van der Waals surface area contributed by atoms with Crippen molar-refractivity contribution in [3.63, 3.8) is 0 Å². The number of aryl methyl sites for hydroxylation is 1. The van der Waals surface area contributed by atoms with E-state index in [1.165, 1.54) is 17.4 Å². The van der Waals surface area contributed by atoms with Crippen LogP contribution < -0.4 is 0 Å². The van der Waals surface area contributed by atoms with E-state index in [1.54, 1.807) is 13.0 Å². The second kappa shape index (κ2) is 2.78. The lowest BCUT2D eigenvalue weighted by atomic mass is 10.2. The number of fused-ring (bicyclic) bond motifs is 1. The summed E-state index contributed by atoms with van der Waals surface area (Å²) in [5, 5.41) is 0. The van der Waals surface area contributed by atoms with Crippen molar-refractivity contribution in [1.29, 1.82) is 0 Å². The minimum atomic E-state index is -0.168. The quantitative estimate of drug-likeness (QED) is 0.693. The molecule has 0 saturated heterocycles. The van der Waals surface area contributed by atoms with Gasteiger partial charge in [-0.1, -0.05) is 0 Å². The molecule has 0 spiro atoms. The molecule has 0 aliphatic carbocycles. The summed E-state index contributed by atoms with van der Waals surface area (Å²) in [4.78, 5) is 4.18. The van der Waals surface area contributed by atoms with Crippen molar-refractivity contribution in [3.05, 3.63) is 27.4 Å². The fourth-order valence-electron chi connectivity index (χ4n) is 1.07. The molecule has 0 aliphatic rings. The molecule has 0 aliphatic heterocycles. The zero-order valence-corrected chi connectivity index (χ0v) is 8.67. The lowest BCUT2D eigenvalue weighted by molar-refractivity contribution is 0.621. The maximum Gasteiger partial charge on any atom is 0.160 e. The number of halogens is 2. The summed E-state index contributed by atoms with van der Waals surface area (Å²) in [5.74, 6) is -0.168. The normalized spacial score (nSPS) is 10.9. The molecule has 0 amide bonds. The molecule has 12 heavy (non-hydrogen) atoms. The predicted molar refractivity (Wildman–Crippen MR) is 52.0 cm³/mol. The summed E-state index contributed by atoms with van der Waals surface area (Å²) in [6.07, 6.45) is 0. The third-order valence-electron chi connectivity index (χ3n) is 1.71. The summed E-state index contributed by atoms with van der Waals surface area (Å²) < 4.78 is 14.7. The van der Waals surface area contributed by atoms with Crippen LogP contribution in [-0.4, -0.2) is 4.98 Å².